The molecule has 1 aliphatic heterocycles. The third-order valence-corrected chi connectivity index (χ3v) is 3.22. The van der Waals surface area contributed by atoms with E-state index in [1.54, 1.807) is 21.3 Å². The Bertz CT molecular complexity index is 384. The van der Waals surface area contributed by atoms with Gasteiger partial charge < -0.3 is 36.8 Å². The second-order valence-corrected chi connectivity index (χ2v) is 4.24. The molecule has 1 aliphatic rings. The number of nitrogens with zero attached hydrogens (tertiary/aromatic N) is 1. The minimum absolute atomic E-state index is 0. The molecule has 1 heterocycles. The molecule has 0 aromatic heterocycles. The highest BCUT2D eigenvalue weighted by Crippen LogP contribution is 2.40. The zero-order chi connectivity index (χ0) is 13.0. The molecule has 108 valence electrons. The third-order valence-electron chi connectivity index (χ3n) is 3.22. The van der Waals surface area contributed by atoms with Crippen molar-refractivity contribution >= 4 is 5.69 Å². The van der Waals surface area contributed by atoms with E-state index in [1.165, 1.54) is 0 Å². The molecule has 0 saturated carbocycles. The van der Waals surface area contributed by atoms with Gasteiger partial charge in [-0.05, 0) is 0 Å². The van der Waals surface area contributed by atoms with Crippen LogP contribution in [-0.2, 0) is 0 Å². The number of nitrogens with two attached hydrogens (primary N) is 1. The van der Waals surface area contributed by atoms with Crippen LogP contribution in [0.15, 0.2) is 12.1 Å². The van der Waals surface area contributed by atoms with Crippen molar-refractivity contribution in [2.45, 2.75) is 0 Å². The summed E-state index contributed by atoms with van der Waals surface area (Å²) in [6.45, 7) is 4.32. The monoisotopic (exact) mass is 288 g/mol. The number of hydrogen-bond donors (Lipinski definition) is 1. The number of quaternary nitrogens is 1. The largest absolute Gasteiger partial charge is 1.00 e. The van der Waals surface area contributed by atoms with Crippen molar-refractivity contribution in [1.29, 1.82) is 0 Å². The van der Waals surface area contributed by atoms with Gasteiger partial charge in [0.15, 0.2) is 11.5 Å². The van der Waals surface area contributed by atoms with Crippen LogP contribution < -0.4 is 36.8 Å². The number of anilines is 1. The second-order valence-electron chi connectivity index (χ2n) is 4.24. The Balaban J connectivity index is 0.00000180. The summed E-state index contributed by atoms with van der Waals surface area (Å²) < 4.78 is 16.1. The maximum Gasteiger partial charge on any atom is 0.203 e. The predicted molar refractivity (Wildman–Crippen MR) is 70.0 cm³/mol. The zero-order valence-electron chi connectivity index (χ0n) is 11.6. The molecule has 2 N–H and O–H groups in total. The fourth-order valence-electron chi connectivity index (χ4n) is 2.26. The molecule has 0 amide bonds. The molecule has 0 spiro atoms. The minimum Gasteiger partial charge on any atom is -1.00 e. The van der Waals surface area contributed by atoms with Gasteiger partial charge in [0.05, 0.1) is 47.5 Å². The summed E-state index contributed by atoms with van der Waals surface area (Å²) in [4.78, 5) is 2.34. The van der Waals surface area contributed by atoms with Crippen molar-refractivity contribution in [3.05, 3.63) is 12.1 Å². The summed E-state index contributed by atoms with van der Waals surface area (Å²) in [7, 11) is 4.91. The number of benzene rings is 1. The lowest BCUT2D eigenvalue weighted by molar-refractivity contribution is -0.655. The van der Waals surface area contributed by atoms with Crippen LogP contribution in [0.25, 0.3) is 0 Å². The molecule has 19 heavy (non-hydrogen) atoms. The number of methoxy groups -OCH3 is 3. The van der Waals surface area contributed by atoms with Crippen molar-refractivity contribution in [3.8, 4) is 17.2 Å². The van der Waals surface area contributed by atoms with E-state index in [1.807, 2.05) is 12.1 Å². The SMILES string of the molecule is COc1cc(N2CC[NH2+]CC2)cc(OC)c1OC.[Cl-]. The van der Waals surface area contributed by atoms with Crippen molar-refractivity contribution in [3.63, 3.8) is 0 Å². The van der Waals surface area contributed by atoms with Crippen molar-refractivity contribution in [2.24, 2.45) is 0 Å². The topological polar surface area (TPSA) is 47.5 Å². The van der Waals surface area contributed by atoms with Gasteiger partial charge in [0.25, 0.3) is 0 Å². The normalized spacial score (nSPS) is 14.6. The summed E-state index contributed by atoms with van der Waals surface area (Å²) in [5.74, 6) is 2.06. The Morgan fingerprint density at radius 2 is 1.47 bits per heavy atom. The van der Waals surface area contributed by atoms with E-state index in [9.17, 15) is 0 Å². The standard InChI is InChI=1S/C13H20N2O3.ClH/c1-16-11-8-10(15-6-4-14-5-7-15)9-12(17-2)13(11)18-3;/h8-9,14H,4-7H2,1-3H3;1H. The van der Waals surface area contributed by atoms with E-state index in [0.29, 0.717) is 17.2 Å². The number of ether oxygens (including phenoxy) is 3. The van der Waals surface area contributed by atoms with Crippen LogP contribution in [0.4, 0.5) is 5.69 Å². The van der Waals surface area contributed by atoms with E-state index >= 15 is 0 Å². The van der Waals surface area contributed by atoms with E-state index in [2.05, 4.69) is 10.2 Å². The van der Waals surface area contributed by atoms with Crippen LogP contribution in [0.1, 0.15) is 0 Å². The lowest BCUT2D eigenvalue weighted by Gasteiger charge is -2.28. The molecule has 6 heteroatoms. The molecule has 1 aromatic carbocycles. The van der Waals surface area contributed by atoms with Gasteiger partial charge in [-0.3, -0.25) is 0 Å². The van der Waals surface area contributed by atoms with E-state index in [4.69, 9.17) is 14.2 Å². The summed E-state index contributed by atoms with van der Waals surface area (Å²) in [6, 6.07) is 4.01. The van der Waals surface area contributed by atoms with Gasteiger partial charge in [0.1, 0.15) is 0 Å². The fraction of sp³-hybridized carbons (Fsp3) is 0.538. The average molecular weight is 289 g/mol. The van der Waals surface area contributed by atoms with Gasteiger partial charge in [0, 0.05) is 17.8 Å². The lowest BCUT2D eigenvalue weighted by atomic mass is 10.2. The lowest BCUT2D eigenvalue weighted by Crippen LogP contribution is -3.00. The van der Waals surface area contributed by atoms with Crippen molar-refractivity contribution in [2.75, 3.05) is 52.4 Å². The van der Waals surface area contributed by atoms with Gasteiger partial charge in [-0.1, -0.05) is 0 Å². The molecule has 1 fully saturated rings. The van der Waals surface area contributed by atoms with Crippen LogP contribution in [0.5, 0.6) is 17.2 Å². The summed E-state index contributed by atoms with van der Waals surface area (Å²) in [6.07, 6.45) is 0. The first-order chi connectivity index (χ1) is 8.80. The predicted octanol–water partition coefficient (Wildman–Crippen LogP) is -2.90. The van der Waals surface area contributed by atoms with E-state index < -0.39 is 0 Å². The summed E-state index contributed by atoms with van der Waals surface area (Å²) in [5.41, 5.74) is 1.12. The maximum atomic E-state index is 5.37. The zero-order valence-corrected chi connectivity index (χ0v) is 12.4. The average Bonchev–Trinajstić information content (AvgIpc) is 2.46. The molecule has 0 radical (unpaired) electrons. The van der Waals surface area contributed by atoms with Crippen LogP contribution in [0.2, 0.25) is 0 Å². The number of piperazine rings is 1. The number of rotatable bonds is 4. The first kappa shape index (κ1) is 15.7. The summed E-state index contributed by atoms with van der Waals surface area (Å²) >= 11 is 0. The van der Waals surface area contributed by atoms with Crippen LogP contribution in [-0.4, -0.2) is 47.5 Å². The molecule has 1 aromatic rings. The summed E-state index contributed by atoms with van der Waals surface area (Å²) in [5, 5.41) is 2.33. The molecular formula is C13H21ClN2O3. The van der Waals surface area contributed by atoms with Gasteiger partial charge in [-0.15, -0.1) is 0 Å². The fourth-order valence-corrected chi connectivity index (χ4v) is 2.26. The highest BCUT2D eigenvalue weighted by Gasteiger charge is 2.18. The minimum atomic E-state index is 0. The second kappa shape index (κ2) is 7.31. The quantitative estimate of drug-likeness (QED) is 0.646. The molecule has 0 bridgehead atoms. The highest BCUT2D eigenvalue weighted by atomic mass is 35.5. The molecule has 0 aliphatic carbocycles. The number of halogens is 1. The Hall–Kier alpha value is -1.33. The highest BCUT2D eigenvalue weighted by molar-refractivity contribution is 5.63. The molecular weight excluding hydrogens is 268 g/mol. The Labute approximate surface area is 120 Å². The van der Waals surface area contributed by atoms with E-state index in [0.717, 1.165) is 31.9 Å². The van der Waals surface area contributed by atoms with Crippen LogP contribution in [0.3, 0.4) is 0 Å². The van der Waals surface area contributed by atoms with Crippen LogP contribution in [0, 0.1) is 0 Å². The molecule has 1 saturated heterocycles. The van der Waals surface area contributed by atoms with Gasteiger partial charge in [-0.25, -0.2) is 0 Å². The van der Waals surface area contributed by atoms with Crippen LogP contribution >= 0.6 is 0 Å². The van der Waals surface area contributed by atoms with Crippen molar-refractivity contribution < 1.29 is 31.9 Å². The molecule has 0 unspecified atom stereocenters. The Morgan fingerprint density at radius 1 is 0.947 bits per heavy atom. The molecule has 0 atom stereocenters. The third kappa shape index (κ3) is 3.36. The van der Waals surface area contributed by atoms with Gasteiger partial charge >= 0.3 is 0 Å². The maximum absolute atomic E-state index is 5.37. The molecule has 2 rings (SSSR count). The van der Waals surface area contributed by atoms with E-state index in [-0.39, 0.29) is 12.4 Å². The smallest absolute Gasteiger partial charge is 0.203 e. The van der Waals surface area contributed by atoms with Gasteiger partial charge in [-0.2, -0.15) is 0 Å². The molecule has 5 nitrogen and oxygen atoms in total. The van der Waals surface area contributed by atoms with Gasteiger partial charge in [0.2, 0.25) is 5.75 Å². The first-order valence-electron chi connectivity index (χ1n) is 6.16. The Kier molecular flexibility index (Phi) is 6.05. The van der Waals surface area contributed by atoms with Crippen molar-refractivity contribution in [1.82, 2.24) is 0 Å². The number of hydrogen-bond acceptors (Lipinski definition) is 4. The first-order valence-corrected chi connectivity index (χ1v) is 6.16. The Morgan fingerprint density at radius 3 is 1.89 bits per heavy atom.